The molecule has 0 spiro atoms. The molecule has 0 aliphatic carbocycles. The van der Waals surface area contributed by atoms with Crippen LogP contribution in [0.2, 0.25) is 0 Å². The van der Waals surface area contributed by atoms with E-state index in [1.165, 1.54) is 11.6 Å². The number of ether oxygens (including phenoxy) is 1. The predicted octanol–water partition coefficient (Wildman–Crippen LogP) is 0.400. The Morgan fingerprint density at radius 3 is 2.71 bits per heavy atom. The molecular weight excluding hydrogens is 362 g/mol. The highest BCUT2D eigenvalue weighted by Crippen LogP contribution is 2.16. The third-order valence-electron chi connectivity index (χ3n) is 4.63. The number of pyridine rings is 1. The molecule has 0 fully saturated rings. The normalized spacial score (nSPS) is 11.1. The number of carbonyl (C=O) groups is 1. The van der Waals surface area contributed by atoms with Gasteiger partial charge in [-0.2, -0.15) is 0 Å². The number of methoxy groups -OCH3 is 1. The summed E-state index contributed by atoms with van der Waals surface area (Å²) in [6.07, 6.45) is 3.97. The average Bonchev–Trinajstić information content (AvgIpc) is 3.09. The van der Waals surface area contributed by atoms with Crippen molar-refractivity contribution in [3.8, 4) is 0 Å². The minimum absolute atomic E-state index is 0.309. The number of nitrogens with zero attached hydrogens (tertiary/aromatic N) is 4. The zero-order chi connectivity index (χ0) is 20.3. The number of hydrogen-bond acceptors (Lipinski definition) is 5. The van der Waals surface area contributed by atoms with Crippen molar-refractivity contribution in [2.45, 2.75) is 19.5 Å². The van der Waals surface area contributed by atoms with Crippen molar-refractivity contribution in [3.05, 3.63) is 62.7 Å². The first-order valence-electron chi connectivity index (χ1n) is 8.91. The SMILES string of the molecule is COCCCn1c(C(=O)NCc2cccnc2)cc2c(=O)n(C)c(=O)n(C)c21. The van der Waals surface area contributed by atoms with E-state index in [2.05, 4.69) is 10.3 Å². The molecule has 1 amide bonds. The number of aryl methyl sites for hydroxylation is 2. The van der Waals surface area contributed by atoms with E-state index in [4.69, 9.17) is 4.74 Å². The van der Waals surface area contributed by atoms with Crippen LogP contribution in [0.1, 0.15) is 22.5 Å². The van der Waals surface area contributed by atoms with Crippen LogP contribution in [0.15, 0.2) is 40.2 Å². The summed E-state index contributed by atoms with van der Waals surface area (Å²) in [5.74, 6) is -0.327. The molecule has 9 heteroatoms. The molecule has 9 nitrogen and oxygen atoms in total. The van der Waals surface area contributed by atoms with Gasteiger partial charge in [-0.25, -0.2) is 4.79 Å². The zero-order valence-corrected chi connectivity index (χ0v) is 16.1. The smallest absolute Gasteiger partial charge is 0.332 e. The summed E-state index contributed by atoms with van der Waals surface area (Å²) in [6, 6.07) is 5.20. The Balaban J connectivity index is 2.04. The average molecular weight is 385 g/mol. The van der Waals surface area contributed by atoms with Crippen molar-refractivity contribution in [1.82, 2.24) is 24.0 Å². The summed E-state index contributed by atoms with van der Waals surface area (Å²) < 4.78 is 9.23. The molecule has 0 saturated carbocycles. The van der Waals surface area contributed by atoms with Gasteiger partial charge in [0.25, 0.3) is 11.5 Å². The zero-order valence-electron chi connectivity index (χ0n) is 16.1. The number of fused-ring (bicyclic) bond motifs is 1. The lowest BCUT2D eigenvalue weighted by Crippen LogP contribution is -2.37. The molecule has 3 heterocycles. The van der Waals surface area contributed by atoms with Gasteiger partial charge in [-0.1, -0.05) is 6.07 Å². The Morgan fingerprint density at radius 1 is 1.25 bits per heavy atom. The van der Waals surface area contributed by atoms with Gasteiger partial charge >= 0.3 is 5.69 Å². The molecule has 28 heavy (non-hydrogen) atoms. The lowest BCUT2D eigenvalue weighted by Gasteiger charge is -2.13. The summed E-state index contributed by atoms with van der Waals surface area (Å²) >= 11 is 0. The Labute approximate surface area is 161 Å². The molecule has 0 aliphatic rings. The van der Waals surface area contributed by atoms with Gasteiger partial charge in [-0.05, 0) is 24.1 Å². The highest BCUT2D eigenvalue weighted by atomic mass is 16.5. The highest BCUT2D eigenvalue weighted by molar-refractivity contribution is 5.97. The molecule has 0 bridgehead atoms. The highest BCUT2D eigenvalue weighted by Gasteiger charge is 2.21. The summed E-state index contributed by atoms with van der Waals surface area (Å²) in [5.41, 5.74) is 0.751. The van der Waals surface area contributed by atoms with Crippen LogP contribution in [-0.4, -0.2) is 38.3 Å². The van der Waals surface area contributed by atoms with Crippen molar-refractivity contribution < 1.29 is 9.53 Å². The van der Waals surface area contributed by atoms with Gasteiger partial charge in [-0.3, -0.25) is 23.7 Å². The number of hydrogen-bond donors (Lipinski definition) is 1. The monoisotopic (exact) mass is 385 g/mol. The maximum atomic E-state index is 12.9. The largest absolute Gasteiger partial charge is 0.385 e. The van der Waals surface area contributed by atoms with Gasteiger partial charge in [0.2, 0.25) is 0 Å². The molecule has 3 aromatic rings. The van der Waals surface area contributed by atoms with Crippen molar-refractivity contribution in [3.63, 3.8) is 0 Å². The molecule has 148 valence electrons. The molecule has 3 aromatic heterocycles. The van der Waals surface area contributed by atoms with Crippen molar-refractivity contribution in [2.75, 3.05) is 13.7 Å². The van der Waals surface area contributed by atoms with Gasteiger partial charge in [0.05, 0.1) is 5.39 Å². The Bertz CT molecular complexity index is 1110. The quantitative estimate of drug-likeness (QED) is 0.594. The minimum Gasteiger partial charge on any atom is -0.385 e. The number of rotatable bonds is 7. The van der Waals surface area contributed by atoms with Gasteiger partial charge in [0.15, 0.2) is 0 Å². The number of nitrogens with one attached hydrogen (secondary N) is 1. The minimum atomic E-state index is -0.439. The maximum Gasteiger partial charge on any atom is 0.332 e. The molecule has 0 saturated heterocycles. The van der Waals surface area contributed by atoms with Gasteiger partial charge in [-0.15, -0.1) is 0 Å². The lowest BCUT2D eigenvalue weighted by atomic mass is 10.3. The van der Waals surface area contributed by atoms with Crippen LogP contribution in [0.25, 0.3) is 11.0 Å². The second kappa shape index (κ2) is 8.22. The molecular formula is C19H23N5O4. The van der Waals surface area contributed by atoms with E-state index in [-0.39, 0.29) is 5.91 Å². The third-order valence-corrected chi connectivity index (χ3v) is 4.63. The number of amides is 1. The number of carbonyl (C=O) groups excluding carboxylic acids is 1. The van der Waals surface area contributed by atoms with E-state index in [0.717, 1.165) is 10.1 Å². The molecule has 0 radical (unpaired) electrons. The lowest BCUT2D eigenvalue weighted by molar-refractivity contribution is 0.0941. The molecule has 0 unspecified atom stereocenters. The van der Waals surface area contributed by atoms with Crippen LogP contribution < -0.4 is 16.6 Å². The van der Waals surface area contributed by atoms with E-state index in [1.807, 2.05) is 6.07 Å². The molecule has 0 atom stereocenters. The summed E-state index contributed by atoms with van der Waals surface area (Å²) in [4.78, 5) is 41.8. The van der Waals surface area contributed by atoms with Crippen LogP contribution in [0.3, 0.4) is 0 Å². The first-order chi connectivity index (χ1) is 13.5. The van der Waals surface area contributed by atoms with Gasteiger partial charge in [0.1, 0.15) is 11.3 Å². The van der Waals surface area contributed by atoms with Crippen LogP contribution in [0, 0.1) is 0 Å². The fraction of sp³-hybridized carbons (Fsp3) is 0.368. The summed E-state index contributed by atoms with van der Waals surface area (Å²) in [6.45, 7) is 1.24. The standard InChI is InChI=1S/C19H23N5O4/c1-22-17-14(18(26)23(2)19(22)27)10-15(24(17)8-5-9-28-3)16(25)21-12-13-6-4-7-20-11-13/h4,6-7,10-11H,5,8-9,12H2,1-3H3,(H,21,25). The Hall–Kier alpha value is -3.20. The molecule has 1 N–H and O–H groups in total. The van der Waals surface area contributed by atoms with Crippen LogP contribution >= 0.6 is 0 Å². The van der Waals surface area contributed by atoms with Crippen LogP contribution in [-0.2, 0) is 31.9 Å². The van der Waals surface area contributed by atoms with Crippen LogP contribution in [0.5, 0.6) is 0 Å². The fourth-order valence-corrected chi connectivity index (χ4v) is 3.20. The Kier molecular flexibility index (Phi) is 5.74. The first-order valence-corrected chi connectivity index (χ1v) is 8.91. The van der Waals surface area contributed by atoms with Crippen molar-refractivity contribution in [2.24, 2.45) is 14.1 Å². The van der Waals surface area contributed by atoms with E-state index < -0.39 is 11.2 Å². The van der Waals surface area contributed by atoms with E-state index in [9.17, 15) is 14.4 Å². The second-order valence-electron chi connectivity index (χ2n) is 6.51. The fourth-order valence-electron chi connectivity index (χ4n) is 3.20. The molecule has 3 rings (SSSR count). The molecule has 0 aromatic carbocycles. The maximum absolute atomic E-state index is 12.9. The Morgan fingerprint density at radius 2 is 2.04 bits per heavy atom. The van der Waals surface area contributed by atoms with Gasteiger partial charge < -0.3 is 14.6 Å². The van der Waals surface area contributed by atoms with E-state index >= 15 is 0 Å². The van der Waals surface area contributed by atoms with Crippen molar-refractivity contribution >= 4 is 16.9 Å². The van der Waals surface area contributed by atoms with E-state index in [1.54, 1.807) is 43.3 Å². The summed E-state index contributed by atoms with van der Waals surface area (Å²) in [7, 11) is 4.61. The van der Waals surface area contributed by atoms with Crippen molar-refractivity contribution in [1.29, 1.82) is 0 Å². The summed E-state index contributed by atoms with van der Waals surface area (Å²) in [5, 5.41) is 3.18. The van der Waals surface area contributed by atoms with Crippen LogP contribution in [0.4, 0.5) is 0 Å². The van der Waals surface area contributed by atoms with E-state index in [0.29, 0.717) is 42.8 Å². The van der Waals surface area contributed by atoms with Gasteiger partial charge in [0, 0.05) is 53.3 Å². The number of aromatic nitrogens is 4. The first kappa shape index (κ1) is 19.6. The topological polar surface area (TPSA) is 100 Å². The molecule has 0 aliphatic heterocycles. The second-order valence-corrected chi connectivity index (χ2v) is 6.51. The predicted molar refractivity (Wildman–Crippen MR) is 104 cm³/mol. The third kappa shape index (κ3) is 3.61.